The van der Waals surface area contributed by atoms with Crippen LogP contribution in [0, 0.1) is 0 Å². The molecular formula is C25H16ClNO5. The number of amides is 1. The molecule has 0 heterocycles. The summed E-state index contributed by atoms with van der Waals surface area (Å²) in [4.78, 5) is 49.6. The normalized spacial score (nSPS) is 12.3. The highest BCUT2D eigenvalue weighted by molar-refractivity contribution is 6.36. The van der Waals surface area contributed by atoms with E-state index in [4.69, 9.17) is 16.3 Å². The predicted octanol–water partition coefficient (Wildman–Crippen LogP) is 4.31. The summed E-state index contributed by atoms with van der Waals surface area (Å²) in [6.45, 7) is -0.541. The zero-order valence-electron chi connectivity index (χ0n) is 16.6. The average molecular weight is 446 g/mol. The number of ether oxygens (including phenoxy) is 1. The van der Waals surface area contributed by atoms with Gasteiger partial charge in [0.25, 0.3) is 5.91 Å². The molecule has 0 saturated heterocycles. The molecule has 4 rings (SSSR count). The molecule has 6 nitrogen and oxygen atoms in total. The molecule has 158 valence electrons. The third kappa shape index (κ3) is 4.36. The van der Waals surface area contributed by atoms with Gasteiger partial charge in [0.05, 0.1) is 10.7 Å². The monoisotopic (exact) mass is 445 g/mol. The first kappa shape index (κ1) is 21.2. The summed E-state index contributed by atoms with van der Waals surface area (Å²) in [6, 6.07) is 18.4. The summed E-state index contributed by atoms with van der Waals surface area (Å²) in [5, 5.41) is 2.60. The van der Waals surface area contributed by atoms with Crippen LogP contribution in [0.5, 0.6) is 0 Å². The molecule has 3 aromatic rings. The van der Waals surface area contributed by atoms with Gasteiger partial charge in [0.1, 0.15) is 0 Å². The Balaban J connectivity index is 1.44. The Morgan fingerprint density at radius 1 is 0.844 bits per heavy atom. The van der Waals surface area contributed by atoms with Crippen molar-refractivity contribution >= 4 is 46.8 Å². The van der Waals surface area contributed by atoms with E-state index in [2.05, 4.69) is 5.32 Å². The van der Waals surface area contributed by atoms with E-state index in [1.165, 1.54) is 18.2 Å². The number of anilines is 1. The number of esters is 1. The molecule has 0 bridgehead atoms. The van der Waals surface area contributed by atoms with Crippen molar-refractivity contribution in [2.45, 2.75) is 0 Å². The van der Waals surface area contributed by atoms with Crippen molar-refractivity contribution in [3.8, 4) is 0 Å². The predicted molar refractivity (Wildman–Crippen MR) is 120 cm³/mol. The van der Waals surface area contributed by atoms with Gasteiger partial charge in [0, 0.05) is 28.3 Å². The number of benzene rings is 3. The number of hydrogen-bond donors (Lipinski definition) is 1. The minimum absolute atomic E-state index is 0.0907. The molecule has 3 aromatic carbocycles. The Bertz CT molecular complexity index is 1280. The molecular weight excluding hydrogens is 430 g/mol. The van der Waals surface area contributed by atoms with Crippen LogP contribution >= 0.6 is 11.6 Å². The van der Waals surface area contributed by atoms with Crippen molar-refractivity contribution in [1.29, 1.82) is 0 Å². The first-order chi connectivity index (χ1) is 15.4. The van der Waals surface area contributed by atoms with Gasteiger partial charge in [-0.25, -0.2) is 4.79 Å². The zero-order chi connectivity index (χ0) is 22.7. The fourth-order valence-electron chi connectivity index (χ4n) is 3.31. The van der Waals surface area contributed by atoms with Crippen LogP contribution in [0.15, 0.2) is 72.8 Å². The molecule has 0 saturated carbocycles. The van der Waals surface area contributed by atoms with Gasteiger partial charge in [0.15, 0.2) is 18.2 Å². The molecule has 0 atom stereocenters. The van der Waals surface area contributed by atoms with Crippen LogP contribution in [0.2, 0.25) is 5.02 Å². The van der Waals surface area contributed by atoms with Gasteiger partial charge in [-0.15, -0.1) is 0 Å². The van der Waals surface area contributed by atoms with Crippen molar-refractivity contribution in [3.05, 3.63) is 106 Å². The maximum Gasteiger partial charge on any atom is 0.331 e. The average Bonchev–Trinajstić information content (AvgIpc) is 2.81. The fraction of sp³-hybridized carbons (Fsp3) is 0.0400. The van der Waals surface area contributed by atoms with Crippen LogP contribution in [0.1, 0.15) is 37.4 Å². The minimum atomic E-state index is -0.682. The van der Waals surface area contributed by atoms with Crippen molar-refractivity contribution in [2.75, 3.05) is 11.9 Å². The highest BCUT2D eigenvalue weighted by Gasteiger charge is 2.30. The molecule has 0 fully saturated rings. The molecule has 0 aliphatic heterocycles. The van der Waals surface area contributed by atoms with Gasteiger partial charge in [-0.3, -0.25) is 14.4 Å². The molecule has 0 unspecified atom stereocenters. The van der Waals surface area contributed by atoms with Crippen molar-refractivity contribution < 1.29 is 23.9 Å². The fourth-order valence-corrected chi connectivity index (χ4v) is 3.52. The maximum atomic E-state index is 12.8. The topological polar surface area (TPSA) is 89.5 Å². The Morgan fingerprint density at radius 3 is 2.09 bits per heavy atom. The van der Waals surface area contributed by atoms with Crippen LogP contribution in [0.25, 0.3) is 6.08 Å². The summed E-state index contributed by atoms with van der Waals surface area (Å²) in [7, 11) is 0. The van der Waals surface area contributed by atoms with Crippen molar-refractivity contribution in [3.63, 3.8) is 0 Å². The number of fused-ring (bicyclic) bond motifs is 2. The summed E-state index contributed by atoms with van der Waals surface area (Å²) in [5.74, 6) is -1.96. The lowest BCUT2D eigenvalue weighted by Crippen LogP contribution is -2.23. The highest BCUT2D eigenvalue weighted by Crippen LogP contribution is 2.33. The summed E-state index contributed by atoms with van der Waals surface area (Å²) in [6.07, 6.45) is 2.79. The van der Waals surface area contributed by atoms with Crippen LogP contribution in [-0.4, -0.2) is 30.0 Å². The lowest BCUT2D eigenvalue weighted by Gasteiger charge is -2.19. The first-order valence-corrected chi connectivity index (χ1v) is 10.0. The number of rotatable bonds is 5. The maximum absolute atomic E-state index is 12.8. The van der Waals surface area contributed by atoms with Crippen LogP contribution < -0.4 is 5.32 Å². The molecule has 32 heavy (non-hydrogen) atoms. The second-order valence-corrected chi connectivity index (χ2v) is 7.39. The molecule has 0 spiro atoms. The van der Waals surface area contributed by atoms with Gasteiger partial charge in [-0.2, -0.15) is 0 Å². The number of nitrogens with one attached hydrogen (secondary N) is 1. The van der Waals surface area contributed by atoms with E-state index < -0.39 is 18.5 Å². The molecule has 0 radical (unpaired) electrons. The molecule has 7 heteroatoms. The standard InChI is InChI=1S/C25H16ClNO5/c26-20-12-18-19(25(31)17-9-5-4-8-16(17)24(18)30)13-21(20)27-22(28)14-32-23(29)11-10-15-6-2-1-3-7-15/h1-13H,14H2,(H,27,28). The molecule has 1 aliphatic carbocycles. The molecule has 0 aromatic heterocycles. The van der Waals surface area contributed by atoms with Crippen molar-refractivity contribution in [1.82, 2.24) is 0 Å². The first-order valence-electron chi connectivity index (χ1n) is 9.66. The minimum Gasteiger partial charge on any atom is -0.452 e. The molecule has 1 N–H and O–H groups in total. The van der Waals surface area contributed by atoms with Crippen LogP contribution in [-0.2, 0) is 14.3 Å². The Hall–Kier alpha value is -4.03. The van der Waals surface area contributed by atoms with E-state index in [0.29, 0.717) is 11.1 Å². The van der Waals surface area contributed by atoms with E-state index >= 15 is 0 Å². The van der Waals surface area contributed by atoms with Crippen LogP contribution in [0.4, 0.5) is 5.69 Å². The smallest absolute Gasteiger partial charge is 0.331 e. The number of ketones is 2. The zero-order valence-corrected chi connectivity index (χ0v) is 17.4. The van der Waals surface area contributed by atoms with Gasteiger partial charge in [-0.05, 0) is 23.8 Å². The van der Waals surface area contributed by atoms with E-state index in [-0.39, 0.29) is 33.4 Å². The largest absolute Gasteiger partial charge is 0.452 e. The SMILES string of the molecule is O=C(COC(=O)C=Cc1ccccc1)Nc1cc2c(cc1Cl)C(=O)c1ccccc1C2=O. The third-order valence-corrected chi connectivity index (χ3v) is 5.16. The van der Waals surface area contributed by atoms with Gasteiger partial charge in [-0.1, -0.05) is 66.2 Å². The second-order valence-electron chi connectivity index (χ2n) is 6.98. The van der Waals surface area contributed by atoms with Gasteiger partial charge >= 0.3 is 5.97 Å². The number of carbonyl (C=O) groups is 4. The Morgan fingerprint density at radius 2 is 1.44 bits per heavy atom. The molecule has 1 aliphatic rings. The summed E-state index contributed by atoms with van der Waals surface area (Å²) in [5.41, 5.74) is 1.89. The van der Waals surface area contributed by atoms with E-state index in [9.17, 15) is 19.2 Å². The van der Waals surface area contributed by atoms with E-state index in [1.807, 2.05) is 30.3 Å². The number of carbonyl (C=O) groups excluding carboxylic acids is 4. The van der Waals surface area contributed by atoms with E-state index in [0.717, 1.165) is 5.56 Å². The number of hydrogen-bond acceptors (Lipinski definition) is 5. The lowest BCUT2D eigenvalue weighted by atomic mass is 9.84. The molecule has 1 amide bonds. The number of halogens is 1. The van der Waals surface area contributed by atoms with E-state index in [1.54, 1.807) is 30.3 Å². The Labute approximate surface area is 188 Å². The third-order valence-electron chi connectivity index (χ3n) is 4.84. The summed E-state index contributed by atoms with van der Waals surface area (Å²) < 4.78 is 4.93. The quantitative estimate of drug-likeness (QED) is 0.365. The van der Waals surface area contributed by atoms with Crippen molar-refractivity contribution in [2.24, 2.45) is 0 Å². The second kappa shape index (κ2) is 8.99. The van der Waals surface area contributed by atoms with Gasteiger partial charge < -0.3 is 10.1 Å². The lowest BCUT2D eigenvalue weighted by molar-refractivity contribution is -0.142. The van der Waals surface area contributed by atoms with Crippen LogP contribution in [0.3, 0.4) is 0 Å². The summed E-state index contributed by atoms with van der Waals surface area (Å²) >= 11 is 6.23. The highest BCUT2D eigenvalue weighted by atomic mass is 35.5. The Kier molecular flexibility index (Phi) is 5.96. The van der Waals surface area contributed by atoms with Gasteiger partial charge in [0.2, 0.25) is 0 Å².